The van der Waals surface area contributed by atoms with Crippen molar-refractivity contribution >= 4 is 20.0 Å². The molecule has 0 bridgehead atoms. The second-order valence-corrected chi connectivity index (χ2v) is 6.01. The largest absolute Gasteiger partial charge is 0.325 e. The molecule has 13 heavy (non-hydrogen) atoms. The van der Waals surface area contributed by atoms with E-state index >= 15 is 0 Å². The standard InChI is InChI=1S/C10H18O2Si/c1-9(2,3)7(11)8(13-12)10(4,5)6/h1-6H3. The van der Waals surface area contributed by atoms with Crippen LogP contribution in [0.4, 0.5) is 0 Å². The minimum absolute atomic E-state index is 0.00772. The van der Waals surface area contributed by atoms with Gasteiger partial charge in [0.25, 0.3) is 9.02 Å². The SMILES string of the molecule is CC(C)(C)C(=O)C(=[Si]=O)C(C)(C)C. The van der Waals surface area contributed by atoms with Gasteiger partial charge in [0, 0.05) is 5.41 Å². The molecule has 0 saturated heterocycles. The predicted octanol–water partition coefficient (Wildman–Crippen LogP) is 1.87. The Kier molecular flexibility index (Phi) is 3.61. The van der Waals surface area contributed by atoms with Crippen molar-refractivity contribution in [3.05, 3.63) is 0 Å². The summed E-state index contributed by atoms with van der Waals surface area (Å²) in [5, 5.41) is 0.528. The molecule has 0 aromatic heterocycles. The summed E-state index contributed by atoms with van der Waals surface area (Å²) in [6, 6.07) is 0. The third kappa shape index (κ3) is 3.42. The van der Waals surface area contributed by atoms with E-state index in [-0.39, 0.29) is 11.2 Å². The van der Waals surface area contributed by atoms with Crippen molar-refractivity contribution in [2.45, 2.75) is 41.5 Å². The Hall–Kier alpha value is -0.443. The first-order valence-corrected chi connectivity index (χ1v) is 5.32. The van der Waals surface area contributed by atoms with Crippen molar-refractivity contribution in [2.24, 2.45) is 10.8 Å². The van der Waals surface area contributed by atoms with Crippen molar-refractivity contribution < 1.29 is 9.26 Å². The van der Waals surface area contributed by atoms with Crippen molar-refractivity contribution in [1.29, 1.82) is 0 Å². The number of rotatable bonds is 1. The van der Waals surface area contributed by atoms with E-state index in [0.717, 1.165) is 0 Å². The van der Waals surface area contributed by atoms with E-state index in [0.29, 0.717) is 5.17 Å². The Morgan fingerprint density at radius 2 is 1.31 bits per heavy atom. The van der Waals surface area contributed by atoms with Gasteiger partial charge in [0.1, 0.15) is 0 Å². The minimum Gasteiger partial charge on any atom is -0.325 e. The highest BCUT2D eigenvalue weighted by atomic mass is 28.2. The van der Waals surface area contributed by atoms with Gasteiger partial charge in [-0.15, -0.1) is 0 Å². The summed E-state index contributed by atoms with van der Waals surface area (Å²) in [6.45, 7) is 11.3. The summed E-state index contributed by atoms with van der Waals surface area (Å²) >= 11 is 0. The lowest BCUT2D eigenvalue weighted by atomic mass is 9.80. The molecular weight excluding hydrogens is 180 g/mol. The number of hydrogen-bond acceptors (Lipinski definition) is 2. The van der Waals surface area contributed by atoms with Gasteiger partial charge in [0.15, 0.2) is 5.78 Å². The maximum atomic E-state index is 11.8. The lowest BCUT2D eigenvalue weighted by molar-refractivity contribution is -0.119. The number of carbonyl (C=O) groups excluding carboxylic acids is 1. The van der Waals surface area contributed by atoms with Crippen molar-refractivity contribution in [3.8, 4) is 0 Å². The summed E-state index contributed by atoms with van der Waals surface area (Å²) in [5.74, 6) is 0.00772. The highest BCUT2D eigenvalue weighted by Gasteiger charge is 2.32. The quantitative estimate of drug-likeness (QED) is 0.603. The van der Waals surface area contributed by atoms with Crippen molar-refractivity contribution in [2.75, 3.05) is 0 Å². The fourth-order valence-corrected chi connectivity index (χ4v) is 1.69. The normalized spacial score (nSPS) is 12.2. The van der Waals surface area contributed by atoms with Gasteiger partial charge < -0.3 is 4.46 Å². The summed E-state index contributed by atoms with van der Waals surface area (Å²) in [7, 11) is -0.629. The molecule has 0 aliphatic rings. The van der Waals surface area contributed by atoms with Crippen LogP contribution in [0.25, 0.3) is 0 Å². The van der Waals surface area contributed by atoms with Gasteiger partial charge in [0.2, 0.25) is 0 Å². The van der Waals surface area contributed by atoms with Gasteiger partial charge in [-0.25, -0.2) is 0 Å². The molecule has 0 aromatic rings. The molecule has 3 heteroatoms. The Labute approximate surface area is 82.2 Å². The zero-order valence-electron chi connectivity index (χ0n) is 9.32. The number of hydrogen-bond donors (Lipinski definition) is 0. The van der Waals surface area contributed by atoms with E-state index in [4.69, 9.17) is 0 Å². The van der Waals surface area contributed by atoms with Crippen molar-refractivity contribution in [3.63, 3.8) is 0 Å². The molecule has 0 unspecified atom stereocenters. The molecule has 0 saturated carbocycles. The van der Waals surface area contributed by atoms with E-state index in [1.54, 1.807) is 0 Å². The molecule has 0 aromatic carbocycles. The lowest BCUT2D eigenvalue weighted by Gasteiger charge is -2.25. The zero-order chi connectivity index (χ0) is 10.9. The molecular formula is C10H18O2Si. The average Bonchev–Trinajstić information content (AvgIpc) is 1.83. The second kappa shape index (κ2) is 3.74. The monoisotopic (exact) mass is 198 g/mol. The van der Waals surface area contributed by atoms with E-state index in [1.165, 1.54) is 0 Å². The summed E-state index contributed by atoms with van der Waals surface area (Å²) in [6.07, 6.45) is 0. The van der Waals surface area contributed by atoms with Crippen LogP contribution in [0, 0.1) is 10.8 Å². The van der Waals surface area contributed by atoms with Crippen LogP contribution in [-0.2, 0) is 9.26 Å². The van der Waals surface area contributed by atoms with Gasteiger partial charge in [0.05, 0.1) is 5.17 Å². The predicted molar refractivity (Wildman–Crippen MR) is 55.4 cm³/mol. The van der Waals surface area contributed by atoms with Crippen LogP contribution in [0.1, 0.15) is 41.5 Å². The molecule has 0 N–H and O–H groups in total. The first-order valence-electron chi connectivity index (χ1n) is 4.41. The first-order chi connectivity index (χ1) is 5.60. The topological polar surface area (TPSA) is 34.1 Å². The van der Waals surface area contributed by atoms with Crippen LogP contribution in [-0.4, -0.2) is 20.0 Å². The summed E-state index contributed by atoms with van der Waals surface area (Å²) in [5.41, 5.74) is -0.718. The van der Waals surface area contributed by atoms with E-state index in [1.807, 2.05) is 41.5 Å². The van der Waals surface area contributed by atoms with Gasteiger partial charge in [-0.05, 0) is 5.41 Å². The van der Waals surface area contributed by atoms with E-state index in [9.17, 15) is 9.26 Å². The lowest BCUT2D eigenvalue weighted by Crippen LogP contribution is -2.37. The zero-order valence-corrected chi connectivity index (χ0v) is 10.3. The van der Waals surface area contributed by atoms with Crippen LogP contribution in [0.5, 0.6) is 0 Å². The van der Waals surface area contributed by atoms with E-state index < -0.39 is 14.4 Å². The fourth-order valence-electron chi connectivity index (χ4n) is 0.915. The van der Waals surface area contributed by atoms with Gasteiger partial charge >= 0.3 is 0 Å². The molecule has 0 amide bonds. The Balaban J connectivity index is 5.09. The number of Topliss-reactive ketones (excluding diaryl/α,β-unsaturated/α-hetero) is 1. The van der Waals surface area contributed by atoms with Crippen LogP contribution in [0.3, 0.4) is 0 Å². The molecule has 0 fully saturated rings. The van der Waals surface area contributed by atoms with Crippen LogP contribution < -0.4 is 0 Å². The Morgan fingerprint density at radius 1 is 0.923 bits per heavy atom. The molecule has 0 radical (unpaired) electrons. The molecule has 74 valence electrons. The molecule has 0 aliphatic carbocycles. The maximum absolute atomic E-state index is 11.8. The fraction of sp³-hybridized carbons (Fsp3) is 0.800. The van der Waals surface area contributed by atoms with Crippen LogP contribution >= 0.6 is 0 Å². The molecule has 0 heterocycles. The second-order valence-electron chi connectivity index (χ2n) is 5.31. The van der Waals surface area contributed by atoms with E-state index in [2.05, 4.69) is 0 Å². The summed E-state index contributed by atoms with van der Waals surface area (Å²) < 4.78 is 10.9. The molecule has 0 rings (SSSR count). The smallest absolute Gasteiger partial charge is 0.269 e. The minimum atomic E-state index is -0.629. The Bertz CT molecular complexity index is 260. The van der Waals surface area contributed by atoms with Crippen LogP contribution in [0.2, 0.25) is 0 Å². The molecule has 0 aliphatic heterocycles. The molecule has 0 spiro atoms. The van der Waals surface area contributed by atoms with Gasteiger partial charge in [-0.1, -0.05) is 41.5 Å². The van der Waals surface area contributed by atoms with Crippen LogP contribution in [0.15, 0.2) is 0 Å². The molecule has 2 nitrogen and oxygen atoms in total. The number of ketones is 1. The first kappa shape index (κ1) is 12.6. The summed E-state index contributed by atoms with van der Waals surface area (Å²) in [4.78, 5) is 11.8. The average molecular weight is 198 g/mol. The highest BCUT2D eigenvalue weighted by molar-refractivity contribution is 6.67. The third-order valence-corrected chi connectivity index (χ3v) is 2.94. The maximum Gasteiger partial charge on any atom is 0.269 e. The Morgan fingerprint density at radius 3 is 1.38 bits per heavy atom. The van der Waals surface area contributed by atoms with Gasteiger partial charge in [-0.3, -0.25) is 4.79 Å². The van der Waals surface area contributed by atoms with Gasteiger partial charge in [-0.2, -0.15) is 0 Å². The molecule has 0 atom stereocenters. The highest BCUT2D eigenvalue weighted by Crippen LogP contribution is 2.23. The van der Waals surface area contributed by atoms with Crippen molar-refractivity contribution in [1.82, 2.24) is 0 Å². The number of carbonyl (C=O) groups is 1. The third-order valence-electron chi connectivity index (χ3n) is 1.76.